The maximum Gasteiger partial charge on any atom is 0.293 e. The number of fused-ring (bicyclic) bond motifs is 1. The van der Waals surface area contributed by atoms with Crippen LogP contribution >= 0.6 is 11.6 Å². The van der Waals surface area contributed by atoms with Gasteiger partial charge < -0.3 is 14.6 Å². The quantitative estimate of drug-likeness (QED) is 0.440. The molecule has 0 bridgehead atoms. The van der Waals surface area contributed by atoms with Crippen LogP contribution in [0.15, 0.2) is 47.6 Å². The molecule has 2 aromatic heterocycles. The minimum atomic E-state index is -3.80. The summed E-state index contributed by atoms with van der Waals surface area (Å²) in [5.41, 5.74) is 1.27. The zero-order valence-corrected chi connectivity index (χ0v) is 18.3. The zero-order valence-electron chi connectivity index (χ0n) is 16.7. The van der Waals surface area contributed by atoms with Crippen molar-refractivity contribution in [1.82, 2.24) is 18.6 Å². The molecule has 1 fully saturated rings. The molecule has 0 unspecified atom stereocenters. The van der Waals surface area contributed by atoms with Gasteiger partial charge in [-0.1, -0.05) is 11.6 Å². The highest BCUT2D eigenvalue weighted by Crippen LogP contribution is 2.29. The van der Waals surface area contributed by atoms with Crippen LogP contribution in [0.25, 0.3) is 5.65 Å². The predicted molar refractivity (Wildman–Crippen MR) is 117 cm³/mol. The number of nitro benzene ring substituents is 1. The van der Waals surface area contributed by atoms with Gasteiger partial charge in [0.25, 0.3) is 5.69 Å². The number of benzene rings is 1. The fourth-order valence-corrected chi connectivity index (χ4v) is 5.05. The summed E-state index contributed by atoms with van der Waals surface area (Å²) in [7, 11) is -1.88. The summed E-state index contributed by atoms with van der Waals surface area (Å²) >= 11 is 5.98. The molecule has 3 aromatic rings. The second-order valence-electron chi connectivity index (χ2n) is 7.34. The number of sulfonamides is 1. The van der Waals surface area contributed by atoms with E-state index in [0.717, 1.165) is 6.07 Å². The molecule has 1 N–H and O–H groups in total. The molecule has 3 heterocycles. The SMILES string of the molecule is CN1CCN(S(=O)(=O)c2ccc(NCc3cn4cc(Cl)ccc4n3)c([N+](=O)[O-])c2)CC1. The largest absolute Gasteiger partial charge is 0.374 e. The Morgan fingerprint density at radius 1 is 1.16 bits per heavy atom. The molecule has 0 spiro atoms. The summed E-state index contributed by atoms with van der Waals surface area (Å²) in [4.78, 5) is 17.4. The second kappa shape index (κ2) is 8.42. The van der Waals surface area contributed by atoms with Crippen molar-refractivity contribution in [2.75, 3.05) is 38.5 Å². The van der Waals surface area contributed by atoms with Crippen molar-refractivity contribution in [1.29, 1.82) is 0 Å². The maximum absolute atomic E-state index is 12.9. The number of pyridine rings is 1. The molecule has 12 heteroatoms. The van der Waals surface area contributed by atoms with Crippen molar-refractivity contribution in [3.63, 3.8) is 0 Å². The Bertz CT molecular complexity index is 1240. The average molecular weight is 465 g/mol. The molecule has 0 saturated carbocycles. The van der Waals surface area contributed by atoms with Gasteiger partial charge in [-0.25, -0.2) is 13.4 Å². The molecule has 1 aliphatic rings. The van der Waals surface area contributed by atoms with Gasteiger partial charge in [-0.2, -0.15) is 4.31 Å². The molecule has 0 amide bonds. The van der Waals surface area contributed by atoms with Crippen LogP contribution in [-0.2, 0) is 16.6 Å². The summed E-state index contributed by atoms with van der Waals surface area (Å²) < 4.78 is 29.0. The van der Waals surface area contributed by atoms with Gasteiger partial charge in [0, 0.05) is 44.6 Å². The average Bonchev–Trinajstić information content (AvgIpc) is 3.14. The van der Waals surface area contributed by atoms with E-state index in [-0.39, 0.29) is 22.8 Å². The van der Waals surface area contributed by atoms with Gasteiger partial charge in [0.15, 0.2) is 0 Å². The number of rotatable bonds is 6. The summed E-state index contributed by atoms with van der Waals surface area (Å²) in [6, 6.07) is 7.43. The van der Waals surface area contributed by atoms with E-state index in [9.17, 15) is 18.5 Å². The Morgan fingerprint density at radius 2 is 1.90 bits per heavy atom. The number of anilines is 1. The van der Waals surface area contributed by atoms with Crippen LogP contribution in [-0.4, -0.2) is 65.2 Å². The third kappa shape index (κ3) is 4.49. The lowest BCUT2D eigenvalue weighted by Crippen LogP contribution is -2.47. The summed E-state index contributed by atoms with van der Waals surface area (Å²) in [6.07, 6.45) is 3.49. The Labute approximate surface area is 184 Å². The number of nitrogens with one attached hydrogen (secondary N) is 1. The number of imidazole rings is 1. The highest BCUT2D eigenvalue weighted by molar-refractivity contribution is 7.89. The van der Waals surface area contributed by atoms with Gasteiger partial charge in [-0.3, -0.25) is 10.1 Å². The van der Waals surface area contributed by atoms with E-state index in [2.05, 4.69) is 10.3 Å². The molecule has 164 valence electrons. The van der Waals surface area contributed by atoms with Gasteiger partial charge in [-0.15, -0.1) is 0 Å². The summed E-state index contributed by atoms with van der Waals surface area (Å²) in [5.74, 6) is 0. The third-order valence-corrected chi connectivity index (χ3v) is 7.31. The van der Waals surface area contributed by atoms with Gasteiger partial charge >= 0.3 is 0 Å². The smallest absolute Gasteiger partial charge is 0.293 e. The first-order valence-electron chi connectivity index (χ1n) is 9.58. The Kier molecular flexibility index (Phi) is 5.84. The number of hydrogen-bond donors (Lipinski definition) is 1. The van der Waals surface area contributed by atoms with E-state index in [0.29, 0.717) is 42.5 Å². The molecule has 1 aliphatic heterocycles. The third-order valence-electron chi connectivity index (χ3n) is 5.19. The fraction of sp³-hybridized carbons (Fsp3) is 0.316. The first-order valence-corrected chi connectivity index (χ1v) is 11.4. The molecule has 10 nitrogen and oxygen atoms in total. The van der Waals surface area contributed by atoms with Gasteiger partial charge in [-0.05, 0) is 31.3 Å². The number of halogens is 1. The Morgan fingerprint density at radius 3 is 2.61 bits per heavy atom. The van der Waals surface area contributed by atoms with Crippen molar-refractivity contribution < 1.29 is 13.3 Å². The summed E-state index contributed by atoms with van der Waals surface area (Å²) in [6.45, 7) is 2.16. The van der Waals surface area contributed by atoms with E-state index in [4.69, 9.17) is 11.6 Å². The van der Waals surface area contributed by atoms with Crippen molar-refractivity contribution in [3.8, 4) is 0 Å². The van der Waals surface area contributed by atoms with Crippen LogP contribution in [0.5, 0.6) is 0 Å². The second-order valence-corrected chi connectivity index (χ2v) is 9.72. The summed E-state index contributed by atoms with van der Waals surface area (Å²) in [5, 5.41) is 15.2. The van der Waals surface area contributed by atoms with Crippen LogP contribution < -0.4 is 5.32 Å². The monoisotopic (exact) mass is 464 g/mol. The van der Waals surface area contributed by atoms with E-state index in [1.54, 1.807) is 28.9 Å². The topological polar surface area (TPSA) is 113 Å². The lowest BCUT2D eigenvalue weighted by atomic mass is 10.2. The van der Waals surface area contributed by atoms with Gasteiger partial charge in [0.2, 0.25) is 10.0 Å². The van der Waals surface area contributed by atoms with E-state index < -0.39 is 14.9 Å². The van der Waals surface area contributed by atoms with Crippen LogP contribution in [0.4, 0.5) is 11.4 Å². The maximum atomic E-state index is 12.9. The highest BCUT2D eigenvalue weighted by atomic mass is 35.5. The normalized spacial score (nSPS) is 15.9. The van der Waals surface area contributed by atoms with Crippen LogP contribution in [0, 0.1) is 10.1 Å². The Hall–Kier alpha value is -2.73. The number of piperazine rings is 1. The minimum Gasteiger partial charge on any atom is -0.374 e. The molecule has 31 heavy (non-hydrogen) atoms. The van der Waals surface area contributed by atoms with E-state index >= 15 is 0 Å². The molecular formula is C19H21ClN6O4S. The molecule has 0 atom stereocenters. The fourth-order valence-electron chi connectivity index (χ4n) is 3.44. The number of likely N-dealkylation sites (N-methyl/N-ethyl adjacent to an activating group) is 1. The zero-order chi connectivity index (χ0) is 22.2. The molecule has 4 rings (SSSR count). The first kappa shape index (κ1) is 21.5. The number of nitrogens with zero attached hydrogens (tertiary/aromatic N) is 5. The molecule has 0 radical (unpaired) electrons. The van der Waals surface area contributed by atoms with Crippen molar-refractivity contribution in [2.24, 2.45) is 0 Å². The molecular weight excluding hydrogens is 444 g/mol. The predicted octanol–water partition coefficient (Wildman–Crippen LogP) is 2.44. The first-order chi connectivity index (χ1) is 14.7. The standard InChI is InChI=1S/C19H21ClN6O4S/c1-23-6-8-25(9-7-23)31(29,30)16-3-4-17(18(10-16)26(27)28)21-11-15-13-24-12-14(20)2-5-19(24)22-15/h2-5,10,12-13,21H,6-9,11H2,1H3. The molecule has 0 aliphatic carbocycles. The number of aromatic nitrogens is 2. The van der Waals surface area contributed by atoms with Crippen molar-refractivity contribution in [2.45, 2.75) is 11.4 Å². The van der Waals surface area contributed by atoms with E-state index in [1.165, 1.54) is 16.4 Å². The van der Waals surface area contributed by atoms with Crippen LogP contribution in [0.1, 0.15) is 5.69 Å². The lowest BCUT2D eigenvalue weighted by Gasteiger charge is -2.31. The minimum absolute atomic E-state index is 0.0864. The highest BCUT2D eigenvalue weighted by Gasteiger charge is 2.29. The van der Waals surface area contributed by atoms with Gasteiger partial charge in [0.05, 0.1) is 27.1 Å². The van der Waals surface area contributed by atoms with Gasteiger partial charge in [0.1, 0.15) is 11.3 Å². The number of hydrogen-bond acceptors (Lipinski definition) is 7. The van der Waals surface area contributed by atoms with Crippen LogP contribution in [0.2, 0.25) is 5.02 Å². The van der Waals surface area contributed by atoms with Crippen molar-refractivity contribution >= 4 is 38.6 Å². The van der Waals surface area contributed by atoms with Crippen molar-refractivity contribution in [3.05, 3.63) is 63.6 Å². The lowest BCUT2D eigenvalue weighted by molar-refractivity contribution is -0.384. The molecule has 1 saturated heterocycles. The van der Waals surface area contributed by atoms with Crippen LogP contribution in [0.3, 0.4) is 0 Å². The molecule has 1 aromatic carbocycles. The van der Waals surface area contributed by atoms with E-state index in [1.807, 2.05) is 11.9 Å². The Balaban J connectivity index is 1.56. The number of nitro groups is 1.